The molecule has 0 bridgehead atoms. The molecule has 0 aromatic heterocycles. The predicted octanol–water partition coefficient (Wildman–Crippen LogP) is 3.53. The first kappa shape index (κ1) is 26.1. The normalized spacial score (nSPS) is 24.5. The van der Waals surface area contributed by atoms with Gasteiger partial charge in [-0.3, -0.25) is 4.79 Å². The Labute approximate surface area is 212 Å². The van der Waals surface area contributed by atoms with Gasteiger partial charge in [0.1, 0.15) is 0 Å². The van der Waals surface area contributed by atoms with Crippen molar-refractivity contribution in [2.45, 2.75) is 77.2 Å². The van der Waals surface area contributed by atoms with Crippen molar-refractivity contribution in [1.82, 2.24) is 4.90 Å². The van der Waals surface area contributed by atoms with Gasteiger partial charge in [0.25, 0.3) is 0 Å². The average molecular weight is 496 g/mol. The van der Waals surface area contributed by atoms with Crippen molar-refractivity contribution >= 4 is 25.3 Å². The zero-order chi connectivity index (χ0) is 24.6. The van der Waals surface area contributed by atoms with E-state index in [0.717, 1.165) is 45.3 Å². The standard InChI is InChI=1S/C29H41NO4Si/c1-4-6-18-32-21-26-27(33-19-7-5-2)20-25-28(29(31)30(25)26)22(3)34-35(23-14-10-8-11-15-23)24-16-12-9-13-17-24/h8-17,22,25-28,35H,4-7,18-21H2,1-3H3/t22-,25+,26-,27-,28-/m0/s1. The van der Waals surface area contributed by atoms with Gasteiger partial charge in [-0.25, -0.2) is 0 Å². The van der Waals surface area contributed by atoms with Gasteiger partial charge in [0, 0.05) is 19.3 Å². The highest BCUT2D eigenvalue weighted by Crippen LogP contribution is 2.43. The van der Waals surface area contributed by atoms with E-state index in [0.29, 0.717) is 6.61 Å². The van der Waals surface area contributed by atoms with E-state index in [2.05, 4.69) is 74.2 Å². The van der Waals surface area contributed by atoms with Gasteiger partial charge in [-0.05, 0) is 36.6 Å². The van der Waals surface area contributed by atoms with Crippen LogP contribution in [0.5, 0.6) is 0 Å². The first-order chi connectivity index (χ1) is 17.2. The maximum atomic E-state index is 13.5. The number of hydrogen-bond acceptors (Lipinski definition) is 4. The number of rotatable bonds is 14. The van der Waals surface area contributed by atoms with Crippen molar-refractivity contribution in [3.63, 3.8) is 0 Å². The monoisotopic (exact) mass is 495 g/mol. The maximum Gasteiger partial charge on any atom is 0.240 e. The summed E-state index contributed by atoms with van der Waals surface area (Å²) in [5, 5.41) is 2.48. The van der Waals surface area contributed by atoms with Gasteiger partial charge in [-0.2, -0.15) is 0 Å². The van der Waals surface area contributed by atoms with Gasteiger partial charge in [-0.1, -0.05) is 87.4 Å². The molecule has 0 saturated carbocycles. The molecule has 2 heterocycles. The van der Waals surface area contributed by atoms with Crippen LogP contribution in [0.3, 0.4) is 0 Å². The molecule has 0 radical (unpaired) electrons. The summed E-state index contributed by atoms with van der Waals surface area (Å²) in [7, 11) is -1.92. The van der Waals surface area contributed by atoms with E-state index in [1.54, 1.807) is 0 Å². The van der Waals surface area contributed by atoms with Gasteiger partial charge >= 0.3 is 0 Å². The lowest BCUT2D eigenvalue weighted by atomic mass is 9.84. The lowest BCUT2D eigenvalue weighted by Crippen LogP contribution is -2.65. The quantitative estimate of drug-likeness (QED) is 0.229. The lowest BCUT2D eigenvalue weighted by Gasteiger charge is -2.48. The van der Waals surface area contributed by atoms with Crippen LogP contribution in [-0.4, -0.2) is 64.0 Å². The number of β-lactam (4-membered cyclic amide) rings is 1. The third-order valence-electron chi connectivity index (χ3n) is 7.39. The number of unbranched alkanes of at least 4 members (excludes halogenated alkanes) is 2. The van der Waals surface area contributed by atoms with Gasteiger partial charge in [0.15, 0.2) is 0 Å². The van der Waals surface area contributed by atoms with Crippen LogP contribution in [0.25, 0.3) is 0 Å². The zero-order valence-electron chi connectivity index (χ0n) is 21.5. The predicted molar refractivity (Wildman–Crippen MR) is 143 cm³/mol. The van der Waals surface area contributed by atoms with Crippen LogP contribution in [0.4, 0.5) is 0 Å². The summed E-state index contributed by atoms with van der Waals surface area (Å²) in [5.41, 5.74) is 0. The molecule has 4 rings (SSSR count). The summed E-state index contributed by atoms with van der Waals surface area (Å²) in [5.74, 6) is 0.0809. The molecule has 0 spiro atoms. The molecule has 5 nitrogen and oxygen atoms in total. The first-order valence-electron chi connectivity index (χ1n) is 13.4. The molecule has 2 aromatic rings. The Morgan fingerprint density at radius 3 is 2.14 bits per heavy atom. The second-order valence-electron chi connectivity index (χ2n) is 9.88. The number of carbonyl (C=O) groups excluding carboxylic acids is 1. The van der Waals surface area contributed by atoms with Gasteiger partial charge < -0.3 is 18.8 Å². The van der Waals surface area contributed by atoms with Crippen molar-refractivity contribution in [2.75, 3.05) is 19.8 Å². The van der Waals surface area contributed by atoms with E-state index in [1.807, 2.05) is 12.1 Å². The molecule has 2 saturated heterocycles. The Morgan fingerprint density at radius 1 is 0.943 bits per heavy atom. The van der Waals surface area contributed by atoms with Crippen molar-refractivity contribution < 1.29 is 18.7 Å². The molecule has 5 atom stereocenters. The van der Waals surface area contributed by atoms with Crippen molar-refractivity contribution in [3.8, 4) is 0 Å². The highest BCUT2D eigenvalue weighted by Gasteiger charge is 2.59. The molecule has 2 aliphatic rings. The minimum absolute atomic E-state index is 0.0148. The van der Waals surface area contributed by atoms with Crippen LogP contribution < -0.4 is 10.4 Å². The fraction of sp³-hybridized carbons (Fsp3) is 0.552. The third kappa shape index (κ3) is 6.05. The summed E-state index contributed by atoms with van der Waals surface area (Å²) < 4.78 is 19.1. The zero-order valence-corrected chi connectivity index (χ0v) is 22.6. The number of amides is 1. The fourth-order valence-corrected chi connectivity index (χ4v) is 7.89. The van der Waals surface area contributed by atoms with Crippen molar-refractivity contribution in [2.24, 2.45) is 5.92 Å². The molecular weight excluding hydrogens is 454 g/mol. The second-order valence-corrected chi connectivity index (χ2v) is 12.2. The lowest BCUT2D eigenvalue weighted by molar-refractivity contribution is -0.164. The minimum atomic E-state index is -1.92. The molecule has 0 unspecified atom stereocenters. The first-order valence-corrected chi connectivity index (χ1v) is 15.0. The molecule has 190 valence electrons. The van der Waals surface area contributed by atoms with E-state index in [9.17, 15) is 4.79 Å². The number of fused-ring (bicyclic) bond motifs is 1. The molecule has 0 aliphatic carbocycles. The van der Waals surface area contributed by atoms with E-state index >= 15 is 0 Å². The maximum absolute atomic E-state index is 13.5. The van der Waals surface area contributed by atoms with Gasteiger partial charge in [-0.15, -0.1) is 0 Å². The molecule has 1 amide bonds. The number of hydrogen-bond donors (Lipinski definition) is 0. The summed E-state index contributed by atoms with van der Waals surface area (Å²) >= 11 is 0. The molecular formula is C29H41NO4Si. The number of benzene rings is 2. The Morgan fingerprint density at radius 2 is 1.54 bits per heavy atom. The Bertz CT molecular complexity index is 872. The molecule has 2 aromatic carbocycles. The van der Waals surface area contributed by atoms with Gasteiger partial charge in [0.2, 0.25) is 14.9 Å². The smallest absolute Gasteiger partial charge is 0.240 e. The SMILES string of the molecule is CCCCOC[C@H]1[C@@H](OCCCC)C[C@@H]2[C@H]([C@H](C)O[SiH](c3ccccc3)c3ccccc3)C(=O)N21. The summed E-state index contributed by atoms with van der Waals surface area (Å²) in [6.45, 7) is 8.48. The minimum Gasteiger partial charge on any atom is -0.407 e. The van der Waals surface area contributed by atoms with Crippen LogP contribution in [0.1, 0.15) is 52.9 Å². The average Bonchev–Trinajstić information content (AvgIpc) is 3.19. The van der Waals surface area contributed by atoms with Crippen molar-refractivity contribution in [3.05, 3.63) is 60.7 Å². The number of nitrogens with zero attached hydrogens (tertiary/aromatic N) is 1. The fourth-order valence-electron chi connectivity index (χ4n) is 5.45. The van der Waals surface area contributed by atoms with Crippen LogP contribution in [-0.2, 0) is 18.7 Å². The van der Waals surface area contributed by atoms with E-state index in [1.165, 1.54) is 10.4 Å². The second kappa shape index (κ2) is 12.8. The Hall–Kier alpha value is -1.99. The Balaban J connectivity index is 1.46. The molecule has 6 heteroatoms. The van der Waals surface area contributed by atoms with Crippen LogP contribution >= 0.6 is 0 Å². The largest absolute Gasteiger partial charge is 0.407 e. The molecule has 35 heavy (non-hydrogen) atoms. The Kier molecular flexibility index (Phi) is 9.55. The highest BCUT2D eigenvalue weighted by atomic mass is 28.3. The topological polar surface area (TPSA) is 48.0 Å². The number of ether oxygens (including phenoxy) is 2. The molecule has 0 N–H and O–H groups in total. The molecule has 2 aliphatic heterocycles. The summed E-state index contributed by atoms with van der Waals surface area (Å²) in [6, 6.07) is 21.2. The number of carbonyl (C=O) groups is 1. The van der Waals surface area contributed by atoms with E-state index in [4.69, 9.17) is 13.9 Å². The van der Waals surface area contributed by atoms with Crippen LogP contribution in [0, 0.1) is 5.92 Å². The van der Waals surface area contributed by atoms with Gasteiger partial charge in [0.05, 0.1) is 30.8 Å². The van der Waals surface area contributed by atoms with E-state index < -0.39 is 9.04 Å². The summed E-state index contributed by atoms with van der Waals surface area (Å²) in [4.78, 5) is 15.5. The van der Waals surface area contributed by atoms with Crippen molar-refractivity contribution in [1.29, 1.82) is 0 Å². The third-order valence-corrected chi connectivity index (χ3v) is 10.1. The summed E-state index contributed by atoms with van der Waals surface area (Å²) in [6.07, 6.45) is 5.08. The highest BCUT2D eigenvalue weighted by molar-refractivity contribution is 6.80. The van der Waals surface area contributed by atoms with E-state index in [-0.39, 0.29) is 36.1 Å². The molecule has 2 fully saturated rings. The van der Waals surface area contributed by atoms with Crippen LogP contribution in [0.2, 0.25) is 0 Å². The van der Waals surface area contributed by atoms with Crippen LogP contribution in [0.15, 0.2) is 60.7 Å².